The minimum absolute atomic E-state index is 0.200. The summed E-state index contributed by atoms with van der Waals surface area (Å²) in [6, 6.07) is 13.3. The van der Waals surface area contributed by atoms with Gasteiger partial charge in [-0.3, -0.25) is 0 Å². The van der Waals surface area contributed by atoms with E-state index in [4.69, 9.17) is 5.26 Å². The third-order valence-electron chi connectivity index (χ3n) is 2.30. The van der Waals surface area contributed by atoms with Gasteiger partial charge in [-0.25, -0.2) is 0 Å². The lowest BCUT2D eigenvalue weighted by molar-refractivity contribution is 0.934. The van der Waals surface area contributed by atoms with Crippen molar-refractivity contribution >= 4 is 29.0 Å². The van der Waals surface area contributed by atoms with Crippen LogP contribution in [0.1, 0.15) is 5.56 Å². The highest BCUT2D eigenvalue weighted by Crippen LogP contribution is 2.29. The maximum Gasteiger partial charge on any atom is 0.0912 e. The van der Waals surface area contributed by atoms with Crippen LogP contribution in [0, 0.1) is 11.3 Å². The molecule has 16 heavy (non-hydrogen) atoms. The molecule has 0 unspecified atom stereocenters. The van der Waals surface area contributed by atoms with Gasteiger partial charge in [0.2, 0.25) is 0 Å². The fourth-order valence-corrected chi connectivity index (χ4v) is 1.95. The van der Waals surface area contributed by atoms with Crippen LogP contribution in [0.15, 0.2) is 47.4 Å². The molecule has 0 aliphatic rings. The molecule has 0 aromatic heterocycles. The van der Waals surface area contributed by atoms with Crippen molar-refractivity contribution < 1.29 is 3.89 Å². The van der Waals surface area contributed by atoms with Crippen LogP contribution in [0.4, 0.5) is 3.89 Å². The number of nitriles is 1. The second kappa shape index (κ2) is 4.82. The normalized spacial score (nSPS) is 10.8. The molecule has 0 saturated carbocycles. The fourth-order valence-electron chi connectivity index (χ4n) is 1.56. The lowest BCUT2D eigenvalue weighted by Gasteiger charge is -2.03. The Morgan fingerprint density at radius 3 is 2.50 bits per heavy atom. The van der Waals surface area contributed by atoms with Crippen LogP contribution in [-0.2, 0) is 0 Å². The van der Waals surface area contributed by atoms with Gasteiger partial charge >= 0.3 is 0 Å². The van der Waals surface area contributed by atoms with Gasteiger partial charge in [-0.1, -0.05) is 24.3 Å². The van der Waals surface area contributed by atoms with Crippen molar-refractivity contribution in [2.75, 3.05) is 0 Å². The Labute approximate surface area is 97.5 Å². The molecule has 2 rings (SSSR count). The predicted molar refractivity (Wildman–Crippen MR) is 65.6 cm³/mol. The molecule has 0 aliphatic carbocycles. The predicted octanol–water partition coefficient (Wildman–Crippen LogP) is 4.35. The molecule has 3 heteroatoms. The van der Waals surface area contributed by atoms with E-state index in [1.807, 2.05) is 36.4 Å². The van der Waals surface area contributed by atoms with Crippen molar-refractivity contribution in [1.29, 1.82) is 5.26 Å². The van der Waals surface area contributed by atoms with E-state index in [1.54, 1.807) is 12.1 Å². The van der Waals surface area contributed by atoms with Crippen molar-refractivity contribution in [2.24, 2.45) is 0 Å². The van der Waals surface area contributed by atoms with Gasteiger partial charge in [0.05, 0.1) is 18.2 Å². The topological polar surface area (TPSA) is 23.8 Å². The van der Waals surface area contributed by atoms with Gasteiger partial charge in [-0.15, -0.1) is 0 Å². The first kappa shape index (κ1) is 10.7. The minimum Gasteiger partial charge on any atom is -0.193 e. The van der Waals surface area contributed by atoms with Crippen molar-refractivity contribution in [3.63, 3.8) is 0 Å². The summed E-state index contributed by atoms with van der Waals surface area (Å²) < 4.78 is 12.7. The third kappa shape index (κ3) is 2.07. The first-order valence-corrected chi connectivity index (χ1v) is 5.44. The van der Waals surface area contributed by atoms with E-state index in [1.165, 1.54) is 6.08 Å². The van der Waals surface area contributed by atoms with E-state index in [2.05, 4.69) is 0 Å². The minimum atomic E-state index is 0.200. The molecule has 0 heterocycles. The van der Waals surface area contributed by atoms with Crippen LogP contribution >= 0.6 is 12.1 Å². The van der Waals surface area contributed by atoms with Crippen molar-refractivity contribution in [2.45, 2.75) is 4.90 Å². The molecule has 0 bridgehead atoms. The first-order chi connectivity index (χ1) is 7.85. The van der Waals surface area contributed by atoms with E-state index in [9.17, 15) is 3.89 Å². The Balaban J connectivity index is 2.63. The molecule has 2 aromatic carbocycles. The Kier molecular flexibility index (Phi) is 3.23. The van der Waals surface area contributed by atoms with Gasteiger partial charge in [0.1, 0.15) is 0 Å². The zero-order chi connectivity index (χ0) is 11.4. The number of hydrogen-bond acceptors (Lipinski definition) is 2. The van der Waals surface area contributed by atoms with E-state index < -0.39 is 0 Å². The number of hydrogen-bond donors (Lipinski definition) is 0. The summed E-state index contributed by atoms with van der Waals surface area (Å²) in [7, 11) is 0. The summed E-state index contributed by atoms with van der Waals surface area (Å²) >= 11 is 0.200. The summed E-state index contributed by atoms with van der Waals surface area (Å²) in [5.74, 6) is 0. The summed E-state index contributed by atoms with van der Waals surface area (Å²) in [6.07, 6.45) is 2.97. The molecule has 0 N–H and O–H groups in total. The van der Waals surface area contributed by atoms with Gasteiger partial charge in [0, 0.05) is 11.0 Å². The zero-order valence-corrected chi connectivity index (χ0v) is 9.17. The number of nitrogens with zero attached hydrogens (tertiary/aromatic N) is 1. The van der Waals surface area contributed by atoms with E-state index in [0.717, 1.165) is 16.3 Å². The highest BCUT2D eigenvalue weighted by atomic mass is 32.2. The number of fused-ring (bicyclic) bond motifs is 1. The molecule has 0 radical (unpaired) electrons. The number of benzene rings is 2. The summed E-state index contributed by atoms with van der Waals surface area (Å²) in [5, 5.41) is 10.5. The van der Waals surface area contributed by atoms with Crippen LogP contribution in [-0.4, -0.2) is 0 Å². The van der Waals surface area contributed by atoms with Crippen molar-refractivity contribution in [1.82, 2.24) is 0 Å². The molecule has 0 aliphatic heterocycles. The van der Waals surface area contributed by atoms with Gasteiger partial charge in [0.25, 0.3) is 0 Å². The maximum atomic E-state index is 12.7. The Morgan fingerprint density at radius 2 is 1.88 bits per heavy atom. The highest BCUT2D eigenvalue weighted by molar-refractivity contribution is 7.94. The maximum absolute atomic E-state index is 12.7. The lowest BCUT2D eigenvalue weighted by Crippen LogP contribution is -1.80. The van der Waals surface area contributed by atoms with Crippen LogP contribution in [0.2, 0.25) is 0 Å². The van der Waals surface area contributed by atoms with Gasteiger partial charge in [-0.2, -0.15) is 9.15 Å². The number of rotatable bonds is 2. The molecule has 78 valence electrons. The molecule has 1 nitrogen and oxygen atoms in total. The Bertz CT molecular complexity index is 584. The monoisotopic (exact) mass is 229 g/mol. The quantitative estimate of drug-likeness (QED) is 0.715. The van der Waals surface area contributed by atoms with E-state index in [-0.39, 0.29) is 12.1 Å². The zero-order valence-electron chi connectivity index (χ0n) is 8.35. The van der Waals surface area contributed by atoms with Crippen LogP contribution < -0.4 is 0 Å². The molecular weight excluding hydrogens is 221 g/mol. The molecule has 2 aromatic rings. The average molecular weight is 229 g/mol. The Hall–Kier alpha value is -1.79. The molecule has 0 amide bonds. The second-order valence-corrected chi connectivity index (χ2v) is 3.87. The fraction of sp³-hybridized carbons (Fsp3) is 0. The SMILES string of the molecule is N#C/C=C/c1cc2ccccc2cc1SF. The van der Waals surface area contributed by atoms with E-state index in [0.29, 0.717) is 4.90 Å². The molecular formula is C13H8FNS. The molecule has 0 atom stereocenters. The van der Waals surface area contributed by atoms with Gasteiger partial charge in [-0.05, 0) is 34.5 Å². The second-order valence-electron chi connectivity index (χ2n) is 3.28. The summed E-state index contributed by atoms with van der Waals surface area (Å²) in [6.45, 7) is 0. The average Bonchev–Trinajstić information content (AvgIpc) is 2.35. The number of halogens is 1. The molecule has 0 saturated heterocycles. The van der Waals surface area contributed by atoms with Crippen molar-refractivity contribution in [3.05, 3.63) is 48.0 Å². The van der Waals surface area contributed by atoms with Gasteiger partial charge < -0.3 is 0 Å². The third-order valence-corrected chi connectivity index (χ3v) is 2.82. The lowest BCUT2D eigenvalue weighted by atomic mass is 10.1. The first-order valence-electron chi connectivity index (χ1n) is 4.72. The number of allylic oxidation sites excluding steroid dienone is 1. The van der Waals surface area contributed by atoms with Crippen LogP contribution in [0.5, 0.6) is 0 Å². The Morgan fingerprint density at radius 1 is 1.19 bits per heavy atom. The summed E-state index contributed by atoms with van der Waals surface area (Å²) in [5.41, 5.74) is 0.729. The van der Waals surface area contributed by atoms with Crippen LogP contribution in [0.3, 0.4) is 0 Å². The van der Waals surface area contributed by atoms with Gasteiger partial charge in [0.15, 0.2) is 0 Å². The van der Waals surface area contributed by atoms with Crippen LogP contribution in [0.25, 0.3) is 16.8 Å². The van der Waals surface area contributed by atoms with E-state index >= 15 is 0 Å². The highest BCUT2D eigenvalue weighted by Gasteiger charge is 2.03. The molecule has 0 fully saturated rings. The van der Waals surface area contributed by atoms with Crippen molar-refractivity contribution in [3.8, 4) is 6.07 Å². The molecule has 0 spiro atoms. The summed E-state index contributed by atoms with van der Waals surface area (Å²) in [4.78, 5) is 0.533. The standard InChI is InChI=1S/C13H8FNS/c14-16-13-9-11-5-2-1-4-10(11)8-12(13)6-3-7-15/h1-6,8-9H/b6-3+. The largest absolute Gasteiger partial charge is 0.193 e. The smallest absolute Gasteiger partial charge is 0.0912 e.